The average molecular weight is 233 g/mol. The fourth-order valence-electron chi connectivity index (χ4n) is 1.39. The average Bonchev–Trinajstić information content (AvgIpc) is 2.35. The van der Waals surface area contributed by atoms with E-state index in [4.69, 9.17) is 5.11 Å². The Balaban J connectivity index is 2.32. The van der Waals surface area contributed by atoms with Crippen molar-refractivity contribution < 1.29 is 9.90 Å². The van der Waals surface area contributed by atoms with Crippen molar-refractivity contribution in [3.63, 3.8) is 0 Å². The fraction of sp³-hybridized carbons (Fsp3) is 0.357. The van der Waals surface area contributed by atoms with Gasteiger partial charge in [0.05, 0.1) is 0 Å². The summed E-state index contributed by atoms with van der Waals surface area (Å²) in [5.41, 5.74) is 1.01. The van der Waals surface area contributed by atoms with Gasteiger partial charge >= 0.3 is 0 Å². The van der Waals surface area contributed by atoms with E-state index in [-0.39, 0.29) is 12.5 Å². The molecule has 1 unspecified atom stereocenters. The Kier molecular flexibility index (Phi) is 6.04. The molecule has 0 radical (unpaired) electrons. The fourth-order valence-corrected chi connectivity index (χ4v) is 1.39. The molecular weight excluding hydrogens is 214 g/mol. The molecule has 1 amide bonds. The van der Waals surface area contributed by atoms with Crippen molar-refractivity contribution in [3.8, 4) is 0 Å². The van der Waals surface area contributed by atoms with Crippen LogP contribution in [0.5, 0.6) is 0 Å². The molecule has 0 aliphatic carbocycles. The third-order valence-electron chi connectivity index (χ3n) is 2.47. The van der Waals surface area contributed by atoms with Crippen molar-refractivity contribution in [1.82, 2.24) is 5.32 Å². The summed E-state index contributed by atoms with van der Waals surface area (Å²) in [5.74, 6) is 0.202. The predicted octanol–water partition coefficient (Wildman–Crippen LogP) is 1.83. The lowest BCUT2D eigenvalue weighted by atomic mass is 10.1. The van der Waals surface area contributed by atoms with Crippen molar-refractivity contribution in [2.75, 3.05) is 13.2 Å². The van der Waals surface area contributed by atoms with Crippen LogP contribution in [0.1, 0.15) is 18.9 Å². The van der Waals surface area contributed by atoms with Gasteiger partial charge in [0.25, 0.3) is 0 Å². The molecule has 17 heavy (non-hydrogen) atoms. The van der Waals surface area contributed by atoms with Gasteiger partial charge in [-0.3, -0.25) is 4.79 Å². The zero-order chi connectivity index (χ0) is 12.5. The van der Waals surface area contributed by atoms with E-state index in [1.54, 1.807) is 6.08 Å². The lowest BCUT2D eigenvalue weighted by Gasteiger charge is -2.09. The molecule has 0 saturated heterocycles. The smallest absolute Gasteiger partial charge is 0.244 e. The molecule has 0 spiro atoms. The summed E-state index contributed by atoms with van der Waals surface area (Å²) in [5, 5.41) is 11.5. The number of amides is 1. The Labute approximate surface area is 102 Å². The molecule has 1 rings (SSSR count). The molecule has 0 fully saturated rings. The summed E-state index contributed by atoms with van der Waals surface area (Å²) in [6.45, 7) is 2.76. The van der Waals surface area contributed by atoms with Crippen LogP contribution in [-0.2, 0) is 4.79 Å². The van der Waals surface area contributed by atoms with Crippen LogP contribution in [0, 0.1) is 5.92 Å². The van der Waals surface area contributed by atoms with Gasteiger partial charge in [0, 0.05) is 19.2 Å². The number of carbonyl (C=O) groups excluding carboxylic acids is 1. The Morgan fingerprint density at radius 1 is 1.41 bits per heavy atom. The summed E-state index contributed by atoms with van der Waals surface area (Å²) >= 11 is 0. The largest absolute Gasteiger partial charge is 0.396 e. The van der Waals surface area contributed by atoms with E-state index in [9.17, 15) is 4.79 Å². The molecule has 0 aliphatic rings. The highest BCUT2D eigenvalue weighted by Gasteiger charge is 2.02. The van der Waals surface area contributed by atoms with Crippen LogP contribution in [0.2, 0.25) is 0 Å². The van der Waals surface area contributed by atoms with Crippen LogP contribution in [0.3, 0.4) is 0 Å². The van der Waals surface area contributed by atoms with Crippen LogP contribution in [0.4, 0.5) is 0 Å². The van der Waals surface area contributed by atoms with Crippen molar-refractivity contribution in [2.24, 2.45) is 5.92 Å². The Morgan fingerprint density at radius 3 is 2.76 bits per heavy atom. The van der Waals surface area contributed by atoms with Crippen LogP contribution < -0.4 is 5.32 Å². The molecule has 1 aromatic rings. The molecule has 3 nitrogen and oxygen atoms in total. The monoisotopic (exact) mass is 233 g/mol. The molecule has 1 atom stereocenters. The second-order valence-corrected chi connectivity index (χ2v) is 4.11. The zero-order valence-electron chi connectivity index (χ0n) is 10.1. The highest BCUT2D eigenvalue weighted by Crippen LogP contribution is 2.01. The van der Waals surface area contributed by atoms with Gasteiger partial charge in [0.2, 0.25) is 5.91 Å². The van der Waals surface area contributed by atoms with Gasteiger partial charge in [0.15, 0.2) is 0 Å². The quantitative estimate of drug-likeness (QED) is 0.736. The third kappa shape index (κ3) is 5.88. The highest BCUT2D eigenvalue weighted by atomic mass is 16.3. The lowest BCUT2D eigenvalue weighted by Crippen LogP contribution is -2.26. The van der Waals surface area contributed by atoms with Crippen LogP contribution in [0.15, 0.2) is 36.4 Å². The Bertz CT molecular complexity index is 360. The number of carbonyl (C=O) groups is 1. The van der Waals surface area contributed by atoms with Gasteiger partial charge < -0.3 is 10.4 Å². The van der Waals surface area contributed by atoms with Crippen molar-refractivity contribution in [3.05, 3.63) is 42.0 Å². The molecule has 3 heteroatoms. The number of aliphatic hydroxyl groups excluding tert-OH is 1. The van der Waals surface area contributed by atoms with Crippen molar-refractivity contribution in [1.29, 1.82) is 0 Å². The van der Waals surface area contributed by atoms with Gasteiger partial charge in [-0.25, -0.2) is 0 Å². The molecular formula is C14H19NO2. The minimum absolute atomic E-state index is 0.0985. The number of hydrogen-bond donors (Lipinski definition) is 2. The first-order chi connectivity index (χ1) is 8.22. The van der Waals surface area contributed by atoms with E-state index in [0.717, 1.165) is 5.56 Å². The Morgan fingerprint density at radius 2 is 2.12 bits per heavy atom. The maximum Gasteiger partial charge on any atom is 0.244 e. The molecule has 2 N–H and O–H groups in total. The highest BCUT2D eigenvalue weighted by molar-refractivity contribution is 5.91. The van der Waals surface area contributed by atoms with Gasteiger partial charge in [-0.2, -0.15) is 0 Å². The number of rotatable bonds is 6. The standard InChI is InChI=1S/C14H19NO2/c1-12(9-10-16)11-15-14(17)8-7-13-5-3-2-4-6-13/h2-8,12,16H,9-11H2,1H3,(H,15,17). The first-order valence-corrected chi connectivity index (χ1v) is 5.84. The van der Waals surface area contributed by atoms with Crippen LogP contribution in [0.25, 0.3) is 6.08 Å². The maximum absolute atomic E-state index is 11.5. The maximum atomic E-state index is 11.5. The number of aliphatic hydroxyl groups is 1. The summed E-state index contributed by atoms with van der Waals surface area (Å²) in [6, 6.07) is 9.69. The van der Waals surface area contributed by atoms with Gasteiger partial charge in [-0.1, -0.05) is 37.3 Å². The third-order valence-corrected chi connectivity index (χ3v) is 2.47. The SMILES string of the molecule is CC(CCO)CNC(=O)C=Cc1ccccc1. The van der Waals surface area contributed by atoms with Gasteiger partial charge in [-0.15, -0.1) is 0 Å². The minimum atomic E-state index is -0.0985. The normalized spacial score (nSPS) is 12.6. The first-order valence-electron chi connectivity index (χ1n) is 5.84. The van der Waals surface area contributed by atoms with Crippen LogP contribution in [-0.4, -0.2) is 24.2 Å². The lowest BCUT2D eigenvalue weighted by molar-refractivity contribution is -0.116. The summed E-state index contributed by atoms with van der Waals surface area (Å²) in [4.78, 5) is 11.5. The predicted molar refractivity (Wildman–Crippen MR) is 69.4 cm³/mol. The van der Waals surface area contributed by atoms with Gasteiger partial charge in [0.1, 0.15) is 0 Å². The molecule has 0 bridgehead atoms. The minimum Gasteiger partial charge on any atom is -0.396 e. The van der Waals surface area contributed by atoms with E-state index in [0.29, 0.717) is 18.9 Å². The van der Waals surface area contributed by atoms with Crippen LogP contribution >= 0.6 is 0 Å². The van der Waals surface area contributed by atoms with E-state index >= 15 is 0 Å². The number of nitrogens with one attached hydrogen (secondary N) is 1. The Hall–Kier alpha value is -1.61. The van der Waals surface area contributed by atoms with E-state index in [1.807, 2.05) is 37.3 Å². The topological polar surface area (TPSA) is 49.3 Å². The number of benzene rings is 1. The molecule has 0 heterocycles. The molecule has 0 saturated carbocycles. The summed E-state index contributed by atoms with van der Waals surface area (Å²) < 4.78 is 0. The molecule has 0 aliphatic heterocycles. The first kappa shape index (κ1) is 13.5. The van der Waals surface area contributed by atoms with Gasteiger partial charge in [-0.05, 0) is 24.0 Å². The molecule has 1 aromatic carbocycles. The summed E-state index contributed by atoms with van der Waals surface area (Å²) in [6.07, 6.45) is 4.02. The zero-order valence-corrected chi connectivity index (χ0v) is 10.1. The van der Waals surface area contributed by atoms with Crippen molar-refractivity contribution >= 4 is 12.0 Å². The molecule has 0 aromatic heterocycles. The van der Waals surface area contributed by atoms with E-state index in [2.05, 4.69) is 5.32 Å². The summed E-state index contributed by atoms with van der Waals surface area (Å²) in [7, 11) is 0. The van der Waals surface area contributed by atoms with E-state index < -0.39 is 0 Å². The number of hydrogen-bond acceptors (Lipinski definition) is 2. The second kappa shape index (κ2) is 7.63. The van der Waals surface area contributed by atoms with Crippen molar-refractivity contribution in [2.45, 2.75) is 13.3 Å². The molecule has 92 valence electrons. The second-order valence-electron chi connectivity index (χ2n) is 4.11. The van der Waals surface area contributed by atoms with E-state index in [1.165, 1.54) is 6.08 Å².